The van der Waals surface area contributed by atoms with Crippen LogP contribution < -0.4 is 10.1 Å². The molecule has 2 aromatic carbocycles. The summed E-state index contributed by atoms with van der Waals surface area (Å²) in [6.45, 7) is 0.677. The Hall–Kier alpha value is -0.710. The summed E-state index contributed by atoms with van der Waals surface area (Å²) >= 11 is 12.8. The maximum Gasteiger partial charge on any atom is 0.123 e. The highest BCUT2D eigenvalue weighted by Crippen LogP contribution is 2.27. The van der Waals surface area contributed by atoms with E-state index in [1.165, 1.54) is 0 Å². The van der Waals surface area contributed by atoms with Gasteiger partial charge >= 0.3 is 0 Å². The Morgan fingerprint density at radius 3 is 2.63 bits per heavy atom. The lowest BCUT2D eigenvalue weighted by atomic mass is 10.2. The SMILES string of the molecule is COc1ccc(Br)cc1CNc1ccc(Cl)c(Br)c1. The van der Waals surface area contributed by atoms with Gasteiger partial charge in [0.15, 0.2) is 0 Å². The smallest absolute Gasteiger partial charge is 0.123 e. The van der Waals surface area contributed by atoms with Crippen molar-refractivity contribution in [2.45, 2.75) is 6.54 Å². The van der Waals surface area contributed by atoms with Crippen LogP contribution in [0, 0.1) is 0 Å². The van der Waals surface area contributed by atoms with E-state index in [2.05, 4.69) is 37.2 Å². The zero-order valence-corrected chi connectivity index (χ0v) is 14.1. The van der Waals surface area contributed by atoms with E-state index in [0.717, 1.165) is 25.9 Å². The summed E-state index contributed by atoms with van der Waals surface area (Å²) in [7, 11) is 1.67. The summed E-state index contributed by atoms with van der Waals surface area (Å²) in [5, 5.41) is 4.04. The Morgan fingerprint density at radius 1 is 1.16 bits per heavy atom. The quantitative estimate of drug-likeness (QED) is 0.727. The first-order valence-corrected chi connectivity index (χ1v) is 7.58. The highest BCUT2D eigenvalue weighted by atomic mass is 79.9. The van der Waals surface area contributed by atoms with Gasteiger partial charge in [0.05, 0.1) is 12.1 Å². The van der Waals surface area contributed by atoms with E-state index in [1.807, 2.05) is 36.4 Å². The molecule has 0 aliphatic rings. The van der Waals surface area contributed by atoms with Gasteiger partial charge in [-0.1, -0.05) is 27.5 Å². The number of hydrogen-bond donors (Lipinski definition) is 1. The first-order valence-electron chi connectivity index (χ1n) is 5.61. The largest absolute Gasteiger partial charge is 0.496 e. The van der Waals surface area contributed by atoms with Crippen molar-refractivity contribution in [1.29, 1.82) is 0 Å². The summed E-state index contributed by atoms with van der Waals surface area (Å²) in [5.41, 5.74) is 2.08. The summed E-state index contributed by atoms with van der Waals surface area (Å²) in [5.74, 6) is 0.865. The molecule has 1 N–H and O–H groups in total. The molecular formula is C14H12Br2ClNO. The first-order chi connectivity index (χ1) is 9.10. The number of benzene rings is 2. The van der Waals surface area contributed by atoms with Crippen molar-refractivity contribution in [3.8, 4) is 5.75 Å². The molecule has 0 radical (unpaired) electrons. The van der Waals surface area contributed by atoms with Gasteiger partial charge in [0, 0.05) is 26.7 Å². The van der Waals surface area contributed by atoms with Crippen molar-refractivity contribution in [1.82, 2.24) is 0 Å². The molecule has 0 fully saturated rings. The highest BCUT2D eigenvalue weighted by Gasteiger charge is 2.04. The number of methoxy groups -OCH3 is 1. The first kappa shape index (κ1) is 14.7. The molecule has 2 rings (SSSR count). The molecule has 19 heavy (non-hydrogen) atoms. The standard InChI is InChI=1S/C14H12Br2ClNO/c1-19-14-5-2-10(15)6-9(14)8-18-11-3-4-13(17)12(16)7-11/h2-7,18H,8H2,1H3. The van der Waals surface area contributed by atoms with Gasteiger partial charge in [0.25, 0.3) is 0 Å². The van der Waals surface area contributed by atoms with Crippen LogP contribution in [0.25, 0.3) is 0 Å². The molecule has 0 unspecified atom stereocenters. The van der Waals surface area contributed by atoms with Crippen LogP contribution in [0.1, 0.15) is 5.56 Å². The van der Waals surface area contributed by atoms with Crippen LogP contribution in [-0.2, 0) is 6.54 Å². The van der Waals surface area contributed by atoms with E-state index in [4.69, 9.17) is 16.3 Å². The molecule has 0 saturated heterocycles. The van der Waals surface area contributed by atoms with Gasteiger partial charge in [-0.25, -0.2) is 0 Å². The Kier molecular flexibility index (Phi) is 5.13. The fraction of sp³-hybridized carbons (Fsp3) is 0.143. The molecular weight excluding hydrogens is 393 g/mol. The minimum atomic E-state index is 0.677. The highest BCUT2D eigenvalue weighted by molar-refractivity contribution is 9.10. The van der Waals surface area contributed by atoms with Crippen LogP contribution in [0.4, 0.5) is 5.69 Å². The molecule has 0 aliphatic heterocycles. The van der Waals surface area contributed by atoms with Crippen molar-refractivity contribution in [2.24, 2.45) is 0 Å². The number of halogens is 3. The van der Waals surface area contributed by atoms with Crippen LogP contribution >= 0.6 is 43.5 Å². The zero-order valence-electron chi connectivity index (χ0n) is 10.2. The average molecular weight is 406 g/mol. The summed E-state index contributed by atoms with van der Waals surface area (Å²) < 4.78 is 7.25. The molecule has 2 nitrogen and oxygen atoms in total. The van der Waals surface area contributed by atoms with Crippen molar-refractivity contribution >= 4 is 49.1 Å². The maximum absolute atomic E-state index is 5.97. The molecule has 100 valence electrons. The summed E-state index contributed by atoms with van der Waals surface area (Å²) in [4.78, 5) is 0. The molecule has 2 aromatic rings. The number of hydrogen-bond acceptors (Lipinski definition) is 2. The van der Waals surface area contributed by atoms with E-state index in [1.54, 1.807) is 7.11 Å². The monoisotopic (exact) mass is 403 g/mol. The lowest BCUT2D eigenvalue weighted by molar-refractivity contribution is 0.410. The third-order valence-electron chi connectivity index (χ3n) is 2.65. The predicted octanol–water partition coefficient (Wildman–Crippen LogP) is 5.49. The summed E-state index contributed by atoms with van der Waals surface area (Å²) in [6.07, 6.45) is 0. The van der Waals surface area contributed by atoms with E-state index in [-0.39, 0.29) is 0 Å². The minimum Gasteiger partial charge on any atom is -0.496 e. The van der Waals surface area contributed by atoms with E-state index >= 15 is 0 Å². The molecule has 0 spiro atoms. The Morgan fingerprint density at radius 2 is 1.95 bits per heavy atom. The summed E-state index contributed by atoms with van der Waals surface area (Å²) in [6, 6.07) is 11.7. The lowest BCUT2D eigenvalue weighted by Gasteiger charge is -2.11. The number of ether oxygens (including phenoxy) is 1. The van der Waals surface area contributed by atoms with Crippen LogP contribution in [-0.4, -0.2) is 7.11 Å². The van der Waals surface area contributed by atoms with Crippen LogP contribution in [0.5, 0.6) is 5.75 Å². The molecule has 0 atom stereocenters. The van der Waals surface area contributed by atoms with Crippen molar-refractivity contribution in [3.63, 3.8) is 0 Å². The van der Waals surface area contributed by atoms with Gasteiger partial charge in [-0.05, 0) is 52.3 Å². The number of anilines is 1. The zero-order chi connectivity index (χ0) is 13.8. The fourth-order valence-corrected chi connectivity index (χ4v) is 2.59. The molecule has 0 bridgehead atoms. The Bertz CT molecular complexity index is 590. The number of nitrogens with one attached hydrogen (secondary N) is 1. The van der Waals surface area contributed by atoms with Gasteiger partial charge in [-0.2, -0.15) is 0 Å². The van der Waals surface area contributed by atoms with Crippen LogP contribution in [0.2, 0.25) is 5.02 Å². The predicted molar refractivity (Wildman–Crippen MR) is 87.2 cm³/mol. The second-order valence-electron chi connectivity index (χ2n) is 3.94. The van der Waals surface area contributed by atoms with E-state index in [0.29, 0.717) is 11.6 Å². The maximum atomic E-state index is 5.97. The normalized spacial score (nSPS) is 10.3. The average Bonchev–Trinajstić information content (AvgIpc) is 2.40. The fourth-order valence-electron chi connectivity index (χ4n) is 1.69. The molecule has 0 aromatic heterocycles. The van der Waals surface area contributed by atoms with Gasteiger partial charge in [-0.3, -0.25) is 0 Å². The molecule has 5 heteroatoms. The third-order valence-corrected chi connectivity index (χ3v) is 4.35. The molecule has 0 saturated carbocycles. The second kappa shape index (κ2) is 6.64. The van der Waals surface area contributed by atoms with Crippen molar-refractivity contribution < 1.29 is 4.74 Å². The number of rotatable bonds is 4. The Balaban J connectivity index is 2.13. The van der Waals surface area contributed by atoms with Crippen LogP contribution in [0.15, 0.2) is 45.3 Å². The molecule has 0 amide bonds. The topological polar surface area (TPSA) is 21.3 Å². The second-order valence-corrected chi connectivity index (χ2v) is 6.12. The Labute approximate surface area is 134 Å². The lowest BCUT2D eigenvalue weighted by Crippen LogP contribution is -2.01. The van der Waals surface area contributed by atoms with Crippen LogP contribution in [0.3, 0.4) is 0 Å². The third kappa shape index (κ3) is 3.88. The van der Waals surface area contributed by atoms with Gasteiger partial charge in [-0.15, -0.1) is 0 Å². The molecule has 0 heterocycles. The van der Waals surface area contributed by atoms with Crippen molar-refractivity contribution in [3.05, 3.63) is 55.9 Å². The van der Waals surface area contributed by atoms with Gasteiger partial charge in [0.1, 0.15) is 5.75 Å². The minimum absolute atomic E-state index is 0.677. The molecule has 0 aliphatic carbocycles. The van der Waals surface area contributed by atoms with Gasteiger partial charge in [0.2, 0.25) is 0 Å². The van der Waals surface area contributed by atoms with E-state index in [9.17, 15) is 0 Å². The van der Waals surface area contributed by atoms with E-state index < -0.39 is 0 Å². The van der Waals surface area contributed by atoms with Crippen molar-refractivity contribution in [2.75, 3.05) is 12.4 Å². The van der Waals surface area contributed by atoms with Gasteiger partial charge < -0.3 is 10.1 Å².